The van der Waals surface area contributed by atoms with Crippen molar-refractivity contribution in [3.05, 3.63) is 59.1 Å². The zero-order valence-corrected chi connectivity index (χ0v) is 22.1. The molecule has 0 aliphatic carbocycles. The van der Waals surface area contributed by atoms with Crippen LogP contribution in [-0.4, -0.2) is 72.4 Å². The van der Waals surface area contributed by atoms with E-state index < -0.39 is 0 Å². The Morgan fingerprint density at radius 3 is 2.78 bits per heavy atom. The molecule has 2 aliphatic rings. The molecule has 1 saturated heterocycles. The van der Waals surface area contributed by atoms with Crippen LogP contribution < -0.4 is 19.5 Å². The van der Waals surface area contributed by atoms with Gasteiger partial charge in [0.15, 0.2) is 15.8 Å². The lowest BCUT2D eigenvalue weighted by Gasteiger charge is -2.34. The number of anilines is 1. The van der Waals surface area contributed by atoms with Crippen molar-refractivity contribution in [3.8, 4) is 17.2 Å². The summed E-state index contributed by atoms with van der Waals surface area (Å²) in [6, 6.07) is 13.3. The third-order valence-electron chi connectivity index (χ3n) is 6.11. The van der Waals surface area contributed by atoms with E-state index in [1.807, 2.05) is 40.6 Å². The molecule has 1 aromatic heterocycles. The van der Waals surface area contributed by atoms with E-state index in [0.717, 1.165) is 41.2 Å². The maximum Gasteiger partial charge on any atom is 0.234 e. The number of nitrogens with one attached hydrogen (secondary N) is 1. The van der Waals surface area contributed by atoms with E-state index in [0.29, 0.717) is 24.5 Å². The van der Waals surface area contributed by atoms with Crippen LogP contribution in [0.25, 0.3) is 0 Å². The number of ether oxygens (including phenoxy) is 3. The van der Waals surface area contributed by atoms with Gasteiger partial charge in [-0.3, -0.25) is 14.5 Å². The van der Waals surface area contributed by atoms with Gasteiger partial charge in [0.25, 0.3) is 0 Å². The number of benzene rings is 2. The largest absolute Gasteiger partial charge is 0.497 e. The first-order valence-corrected chi connectivity index (χ1v) is 13.8. The number of fused-ring (bicyclic) bond motifs is 1. The van der Waals surface area contributed by atoms with Crippen LogP contribution in [0.5, 0.6) is 17.2 Å². The quantitative estimate of drug-likeness (QED) is 0.413. The number of methoxy groups -OCH3 is 1. The molecule has 194 valence electrons. The summed E-state index contributed by atoms with van der Waals surface area (Å²) < 4.78 is 16.8. The predicted molar refractivity (Wildman–Crippen MR) is 143 cm³/mol. The summed E-state index contributed by atoms with van der Waals surface area (Å²) >= 11 is 2.82. The van der Waals surface area contributed by atoms with Gasteiger partial charge >= 0.3 is 0 Å². The first kappa shape index (κ1) is 25.4. The maximum atomic E-state index is 12.9. The highest BCUT2D eigenvalue weighted by Gasteiger charge is 2.23. The van der Waals surface area contributed by atoms with Gasteiger partial charge in [-0.1, -0.05) is 23.9 Å². The molecule has 0 unspecified atom stereocenters. The van der Waals surface area contributed by atoms with Gasteiger partial charge < -0.3 is 24.4 Å². The highest BCUT2D eigenvalue weighted by molar-refractivity contribution is 8.01. The zero-order chi connectivity index (χ0) is 25.6. The minimum atomic E-state index is -0.121. The number of hydrogen-bond acceptors (Lipinski definition) is 9. The highest BCUT2D eigenvalue weighted by Crippen LogP contribution is 2.33. The van der Waals surface area contributed by atoms with Crippen molar-refractivity contribution in [3.63, 3.8) is 0 Å². The Morgan fingerprint density at radius 2 is 1.95 bits per heavy atom. The van der Waals surface area contributed by atoms with Crippen LogP contribution in [-0.2, 0) is 22.6 Å². The Morgan fingerprint density at radius 1 is 1.11 bits per heavy atom. The van der Waals surface area contributed by atoms with Gasteiger partial charge in [0, 0.05) is 49.9 Å². The number of carbonyl (C=O) groups excluding carboxylic acids is 2. The average Bonchev–Trinajstić information content (AvgIpc) is 3.57. The number of thioether (sulfide) groups is 1. The zero-order valence-electron chi connectivity index (χ0n) is 20.5. The number of carbonyl (C=O) groups is 2. The fourth-order valence-electron chi connectivity index (χ4n) is 4.18. The highest BCUT2D eigenvalue weighted by atomic mass is 32.2. The normalized spacial score (nSPS) is 15.0. The molecule has 0 atom stereocenters. The lowest BCUT2D eigenvalue weighted by Crippen LogP contribution is -2.48. The van der Waals surface area contributed by atoms with Gasteiger partial charge in [0.1, 0.15) is 5.75 Å². The van der Waals surface area contributed by atoms with Crippen molar-refractivity contribution in [1.29, 1.82) is 0 Å². The van der Waals surface area contributed by atoms with Gasteiger partial charge in [0.05, 0.1) is 25.0 Å². The molecule has 2 aliphatic heterocycles. The second-order valence-corrected chi connectivity index (χ2v) is 10.8. The molecule has 3 aromatic rings. The Hall–Kier alpha value is -3.28. The molecule has 0 radical (unpaired) electrons. The van der Waals surface area contributed by atoms with Crippen LogP contribution >= 0.6 is 23.1 Å². The third kappa shape index (κ3) is 6.73. The first-order chi connectivity index (χ1) is 18.1. The number of piperazine rings is 1. The van der Waals surface area contributed by atoms with E-state index in [1.165, 1.54) is 28.7 Å². The van der Waals surface area contributed by atoms with Crippen molar-refractivity contribution in [1.82, 2.24) is 14.8 Å². The van der Waals surface area contributed by atoms with Crippen LogP contribution in [0.2, 0.25) is 0 Å². The maximum absolute atomic E-state index is 12.9. The van der Waals surface area contributed by atoms with Crippen molar-refractivity contribution in [2.45, 2.75) is 17.3 Å². The summed E-state index contributed by atoms with van der Waals surface area (Å²) in [7, 11) is 1.59. The smallest absolute Gasteiger partial charge is 0.234 e. The van der Waals surface area contributed by atoms with Crippen LogP contribution in [0, 0.1) is 0 Å². The average molecular weight is 541 g/mol. The molecular weight excluding hydrogens is 512 g/mol. The van der Waals surface area contributed by atoms with E-state index >= 15 is 0 Å². The van der Waals surface area contributed by atoms with Crippen molar-refractivity contribution in [2.24, 2.45) is 0 Å². The Kier molecular flexibility index (Phi) is 8.12. The Bertz CT molecular complexity index is 1260. The van der Waals surface area contributed by atoms with E-state index in [1.54, 1.807) is 13.2 Å². The number of nitrogens with zero attached hydrogens (tertiary/aromatic N) is 3. The van der Waals surface area contributed by atoms with Crippen LogP contribution in [0.1, 0.15) is 11.3 Å². The minimum Gasteiger partial charge on any atom is -0.497 e. The summed E-state index contributed by atoms with van der Waals surface area (Å²) in [6.07, 6.45) is 0.273. The van der Waals surface area contributed by atoms with E-state index in [9.17, 15) is 9.59 Å². The number of aromatic nitrogens is 1. The van der Waals surface area contributed by atoms with Crippen LogP contribution in [0.4, 0.5) is 5.69 Å². The van der Waals surface area contributed by atoms with Gasteiger partial charge in [-0.25, -0.2) is 4.98 Å². The fourth-order valence-corrected chi connectivity index (χ4v) is 5.83. The standard InChI is InChI=1S/C26H28N4O5S2/c1-33-21-4-2-3-19(12-21)27-24(31)16-37-26-28-20(15-36-26)13-25(32)30-9-7-29(8-10-30)14-18-5-6-22-23(11-18)35-17-34-22/h2-6,11-12,15H,7-10,13-14,16-17H2,1H3,(H,27,31). The van der Waals surface area contributed by atoms with Gasteiger partial charge in [-0.15, -0.1) is 11.3 Å². The van der Waals surface area contributed by atoms with Crippen molar-refractivity contribution in [2.75, 3.05) is 51.2 Å². The second-order valence-electron chi connectivity index (χ2n) is 8.69. The number of amides is 2. The van der Waals surface area contributed by atoms with Crippen LogP contribution in [0.3, 0.4) is 0 Å². The number of rotatable bonds is 9. The number of hydrogen-bond donors (Lipinski definition) is 1. The molecule has 1 fully saturated rings. The van der Waals surface area contributed by atoms with E-state index in [2.05, 4.69) is 21.3 Å². The second kappa shape index (κ2) is 11.8. The molecule has 2 aromatic carbocycles. The lowest BCUT2D eigenvalue weighted by atomic mass is 10.1. The topological polar surface area (TPSA) is 93.2 Å². The Labute approximate surface area is 223 Å². The van der Waals surface area contributed by atoms with Gasteiger partial charge in [-0.05, 0) is 29.8 Å². The summed E-state index contributed by atoms with van der Waals surface area (Å²) in [5.74, 6) is 2.48. The molecule has 1 N–H and O–H groups in total. The van der Waals surface area contributed by atoms with Gasteiger partial charge in [-0.2, -0.15) is 0 Å². The molecule has 0 bridgehead atoms. The fraction of sp³-hybridized carbons (Fsp3) is 0.346. The molecule has 0 saturated carbocycles. The summed E-state index contributed by atoms with van der Waals surface area (Å²) in [6.45, 7) is 4.12. The molecule has 5 rings (SSSR count). The third-order valence-corrected chi connectivity index (χ3v) is 8.18. The summed E-state index contributed by atoms with van der Waals surface area (Å²) in [5, 5.41) is 4.76. The molecule has 2 amide bonds. The monoisotopic (exact) mass is 540 g/mol. The van der Waals surface area contributed by atoms with Crippen molar-refractivity contribution < 1.29 is 23.8 Å². The lowest BCUT2D eigenvalue weighted by molar-refractivity contribution is -0.132. The van der Waals surface area contributed by atoms with Crippen molar-refractivity contribution >= 4 is 40.6 Å². The summed E-state index contributed by atoms with van der Waals surface area (Å²) in [4.78, 5) is 33.9. The molecule has 11 heteroatoms. The molecular formula is C26H28N4O5S2. The predicted octanol–water partition coefficient (Wildman–Crippen LogP) is 3.50. The molecule has 3 heterocycles. The van der Waals surface area contributed by atoms with Gasteiger partial charge in [0.2, 0.25) is 18.6 Å². The number of thiazole rings is 1. The SMILES string of the molecule is COc1cccc(NC(=O)CSc2nc(CC(=O)N3CCN(Cc4ccc5c(c4)OCO5)CC3)cs2)c1. The van der Waals surface area contributed by atoms with E-state index in [-0.39, 0.29) is 30.8 Å². The summed E-state index contributed by atoms with van der Waals surface area (Å²) in [5.41, 5.74) is 2.61. The Balaban J connectivity index is 1.04. The first-order valence-electron chi connectivity index (χ1n) is 12.0. The minimum absolute atomic E-state index is 0.0837. The van der Waals surface area contributed by atoms with E-state index in [4.69, 9.17) is 14.2 Å². The molecule has 0 spiro atoms. The van der Waals surface area contributed by atoms with Crippen LogP contribution in [0.15, 0.2) is 52.2 Å². The molecule has 9 nitrogen and oxygen atoms in total. The molecule has 37 heavy (non-hydrogen) atoms.